The van der Waals surface area contributed by atoms with Crippen LogP contribution in [0.2, 0.25) is 0 Å². The van der Waals surface area contributed by atoms with Crippen LogP contribution >= 0.6 is 0 Å². The fourth-order valence-corrected chi connectivity index (χ4v) is 2.29. The summed E-state index contributed by atoms with van der Waals surface area (Å²) in [5.74, 6) is 0. The fourth-order valence-electron chi connectivity index (χ4n) is 2.29. The fraction of sp³-hybridized carbons (Fsp3) is 0.0556. The number of hydrogen-bond acceptors (Lipinski definition) is 1. The standard InChI is InChI=1S/C18H15N/c19-18(16-7-2-1-3-8-16)13-14-10-11-15-6-4-5-9-17(15)12-14/h1-12,19H,13H2. The average molecular weight is 245 g/mol. The van der Waals surface area contributed by atoms with Crippen LogP contribution in [-0.4, -0.2) is 5.71 Å². The first-order valence-electron chi connectivity index (χ1n) is 6.43. The third kappa shape index (κ3) is 2.55. The van der Waals surface area contributed by atoms with E-state index in [9.17, 15) is 0 Å². The highest BCUT2D eigenvalue weighted by Crippen LogP contribution is 2.17. The van der Waals surface area contributed by atoms with Gasteiger partial charge in [0.25, 0.3) is 0 Å². The summed E-state index contributed by atoms with van der Waals surface area (Å²) in [6.07, 6.45) is 0.675. The molecule has 1 N–H and O–H groups in total. The monoisotopic (exact) mass is 245 g/mol. The van der Waals surface area contributed by atoms with Crippen LogP contribution in [0.15, 0.2) is 72.8 Å². The van der Waals surface area contributed by atoms with E-state index in [2.05, 4.69) is 36.4 Å². The second-order valence-corrected chi connectivity index (χ2v) is 4.70. The number of nitrogens with one attached hydrogen (secondary N) is 1. The van der Waals surface area contributed by atoms with E-state index in [-0.39, 0.29) is 0 Å². The first-order valence-corrected chi connectivity index (χ1v) is 6.43. The minimum absolute atomic E-state index is 0.663. The summed E-state index contributed by atoms with van der Waals surface area (Å²) in [5, 5.41) is 10.7. The first-order chi connectivity index (χ1) is 9.33. The highest BCUT2D eigenvalue weighted by atomic mass is 14.4. The Hall–Kier alpha value is -2.41. The zero-order valence-electron chi connectivity index (χ0n) is 10.6. The zero-order chi connectivity index (χ0) is 13.1. The summed E-state index contributed by atoms with van der Waals surface area (Å²) in [4.78, 5) is 0. The number of hydrogen-bond donors (Lipinski definition) is 1. The highest BCUT2D eigenvalue weighted by Gasteiger charge is 2.03. The van der Waals surface area contributed by atoms with Crippen LogP contribution in [0.4, 0.5) is 0 Å². The molecule has 0 spiro atoms. The minimum atomic E-state index is 0.663. The zero-order valence-corrected chi connectivity index (χ0v) is 10.6. The van der Waals surface area contributed by atoms with E-state index in [0.29, 0.717) is 12.1 Å². The lowest BCUT2D eigenvalue weighted by atomic mass is 10.00. The van der Waals surface area contributed by atoms with Gasteiger partial charge in [-0.2, -0.15) is 0 Å². The molecule has 3 aromatic rings. The second-order valence-electron chi connectivity index (χ2n) is 4.70. The van der Waals surface area contributed by atoms with Crippen LogP contribution in [0.1, 0.15) is 11.1 Å². The van der Waals surface area contributed by atoms with Crippen LogP contribution in [-0.2, 0) is 6.42 Å². The topological polar surface area (TPSA) is 23.9 Å². The van der Waals surface area contributed by atoms with Crippen LogP contribution in [0, 0.1) is 5.41 Å². The predicted molar refractivity (Wildman–Crippen MR) is 80.9 cm³/mol. The third-order valence-electron chi connectivity index (χ3n) is 3.32. The van der Waals surface area contributed by atoms with Gasteiger partial charge in [-0.3, -0.25) is 0 Å². The molecule has 0 atom stereocenters. The molecule has 0 unspecified atom stereocenters. The molecule has 0 aliphatic rings. The number of rotatable bonds is 3. The molecular formula is C18H15N. The third-order valence-corrected chi connectivity index (χ3v) is 3.32. The van der Waals surface area contributed by atoms with Crippen molar-refractivity contribution in [2.75, 3.05) is 0 Å². The molecule has 0 aliphatic heterocycles. The van der Waals surface area contributed by atoms with Gasteiger partial charge in [0.15, 0.2) is 0 Å². The molecule has 0 bridgehead atoms. The Morgan fingerprint density at radius 2 is 1.42 bits per heavy atom. The van der Waals surface area contributed by atoms with Crippen LogP contribution in [0.3, 0.4) is 0 Å². The molecule has 0 amide bonds. The highest BCUT2D eigenvalue weighted by molar-refractivity contribution is 6.00. The maximum Gasteiger partial charge on any atom is 0.0429 e. The summed E-state index contributed by atoms with van der Waals surface area (Å²) < 4.78 is 0. The summed E-state index contributed by atoms with van der Waals surface area (Å²) in [7, 11) is 0. The van der Waals surface area contributed by atoms with Crippen molar-refractivity contribution in [2.45, 2.75) is 6.42 Å². The van der Waals surface area contributed by atoms with E-state index < -0.39 is 0 Å². The first kappa shape index (κ1) is 11.7. The SMILES string of the molecule is N=C(Cc1ccc2ccccc2c1)c1ccccc1. The molecule has 0 radical (unpaired) electrons. The van der Waals surface area contributed by atoms with Gasteiger partial charge in [0, 0.05) is 12.1 Å². The van der Waals surface area contributed by atoms with Crippen molar-refractivity contribution in [2.24, 2.45) is 0 Å². The van der Waals surface area contributed by atoms with Gasteiger partial charge in [-0.15, -0.1) is 0 Å². The Labute approximate surface area is 113 Å². The predicted octanol–water partition coefficient (Wildman–Crippen LogP) is 4.45. The molecule has 19 heavy (non-hydrogen) atoms. The smallest absolute Gasteiger partial charge is 0.0429 e. The summed E-state index contributed by atoms with van der Waals surface area (Å²) in [6.45, 7) is 0. The van der Waals surface area contributed by atoms with E-state index >= 15 is 0 Å². The lowest BCUT2D eigenvalue weighted by Gasteiger charge is -2.06. The lowest BCUT2D eigenvalue weighted by molar-refractivity contribution is 1.28. The molecule has 0 fully saturated rings. The molecule has 0 saturated carbocycles. The number of fused-ring (bicyclic) bond motifs is 1. The Balaban J connectivity index is 1.87. The molecule has 0 aromatic heterocycles. The van der Waals surface area contributed by atoms with E-state index in [1.54, 1.807) is 0 Å². The van der Waals surface area contributed by atoms with Gasteiger partial charge in [0.05, 0.1) is 0 Å². The molecule has 3 rings (SSSR count). The summed E-state index contributed by atoms with van der Waals surface area (Å²) >= 11 is 0. The van der Waals surface area contributed by atoms with Crippen molar-refractivity contribution in [3.63, 3.8) is 0 Å². The van der Waals surface area contributed by atoms with Gasteiger partial charge in [-0.25, -0.2) is 0 Å². The van der Waals surface area contributed by atoms with Crippen LogP contribution < -0.4 is 0 Å². The van der Waals surface area contributed by atoms with Crippen molar-refractivity contribution in [3.8, 4) is 0 Å². The summed E-state index contributed by atoms with van der Waals surface area (Å²) in [5.41, 5.74) is 2.85. The maximum absolute atomic E-state index is 8.18. The van der Waals surface area contributed by atoms with E-state index in [1.165, 1.54) is 16.3 Å². The lowest BCUT2D eigenvalue weighted by Crippen LogP contribution is -2.03. The molecule has 0 aliphatic carbocycles. The van der Waals surface area contributed by atoms with Gasteiger partial charge in [-0.1, -0.05) is 72.8 Å². The molecule has 92 valence electrons. The van der Waals surface area contributed by atoms with E-state index in [0.717, 1.165) is 5.56 Å². The van der Waals surface area contributed by atoms with Crippen molar-refractivity contribution in [1.82, 2.24) is 0 Å². The average Bonchev–Trinajstić information content (AvgIpc) is 2.48. The second kappa shape index (κ2) is 5.07. The Morgan fingerprint density at radius 1 is 0.737 bits per heavy atom. The van der Waals surface area contributed by atoms with Crippen molar-refractivity contribution < 1.29 is 0 Å². The quantitative estimate of drug-likeness (QED) is 0.659. The van der Waals surface area contributed by atoms with Crippen molar-refractivity contribution in [3.05, 3.63) is 83.9 Å². The molecule has 0 heterocycles. The Kier molecular flexibility index (Phi) is 3.11. The van der Waals surface area contributed by atoms with Crippen LogP contribution in [0.25, 0.3) is 10.8 Å². The molecule has 1 heteroatoms. The van der Waals surface area contributed by atoms with E-state index in [4.69, 9.17) is 5.41 Å². The normalized spacial score (nSPS) is 10.5. The van der Waals surface area contributed by atoms with Crippen molar-refractivity contribution >= 4 is 16.5 Å². The largest absolute Gasteiger partial charge is 0.304 e. The van der Waals surface area contributed by atoms with E-state index in [1.807, 2.05) is 36.4 Å². The maximum atomic E-state index is 8.18. The van der Waals surface area contributed by atoms with Gasteiger partial charge in [-0.05, 0) is 21.9 Å². The number of benzene rings is 3. The van der Waals surface area contributed by atoms with Gasteiger partial charge in [0.2, 0.25) is 0 Å². The Morgan fingerprint density at radius 3 is 2.21 bits per heavy atom. The van der Waals surface area contributed by atoms with Gasteiger partial charge in [0.1, 0.15) is 0 Å². The molecule has 3 aromatic carbocycles. The molecule has 1 nitrogen and oxygen atoms in total. The molecule has 0 saturated heterocycles. The Bertz CT molecular complexity index is 714. The minimum Gasteiger partial charge on any atom is -0.304 e. The van der Waals surface area contributed by atoms with Gasteiger partial charge < -0.3 is 5.41 Å². The summed E-state index contributed by atoms with van der Waals surface area (Å²) in [6, 6.07) is 24.7. The van der Waals surface area contributed by atoms with Gasteiger partial charge >= 0.3 is 0 Å². The van der Waals surface area contributed by atoms with Crippen LogP contribution in [0.5, 0.6) is 0 Å². The molecular weight excluding hydrogens is 230 g/mol. The van der Waals surface area contributed by atoms with Crippen molar-refractivity contribution in [1.29, 1.82) is 5.41 Å².